The fraction of sp³-hybridized carbons (Fsp3) is 0.333. The van der Waals surface area contributed by atoms with Crippen molar-refractivity contribution >= 4 is 50.7 Å². The SMILES string of the molecule is CCCCc1ccc([I+]c2ccc(CCCC)s2)s1.FC(F)(F)c1cc([B-](c2cc(C(F)(F)F)cc(C(F)(F)F)c2)(c2cc(C(F)(F)F)cc(C(F)(F)F)c2)c2cc(C(F)(F)F)cc(C(F)(F)F)c2)cc(C(F)(F)F)c1. The molecule has 0 aliphatic rings. The molecular weight excluding hydrogens is 1230 g/mol. The van der Waals surface area contributed by atoms with Crippen molar-refractivity contribution in [2.75, 3.05) is 0 Å². The minimum Gasteiger partial charge on any atom is -0.194 e. The minimum atomic E-state index is -6.13. The molecule has 0 N–H and O–H groups in total. The molecule has 0 nitrogen and oxygen atoms in total. The van der Waals surface area contributed by atoms with Crippen molar-refractivity contribution in [3.05, 3.63) is 157 Å². The number of alkyl halides is 24. The van der Waals surface area contributed by atoms with Crippen molar-refractivity contribution in [1.29, 1.82) is 0 Å². The molecule has 0 unspecified atom stereocenters. The van der Waals surface area contributed by atoms with Crippen molar-refractivity contribution in [2.24, 2.45) is 0 Å². The Labute approximate surface area is 434 Å². The molecule has 0 amide bonds. The summed E-state index contributed by atoms with van der Waals surface area (Å²) in [4.78, 5) is 3.17. The molecule has 416 valence electrons. The van der Waals surface area contributed by atoms with E-state index in [1.165, 1.54) is 38.5 Å². The summed E-state index contributed by atoms with van der Waals surface area (Å²) in [7, 11) is 0. The van der Waals surface area contributed by atoms with Crippen LogP contribution >= 0.6 is 22.7 Å². The van der Waals surface area contributed by atoms with E-state index >= 15 is 0 Å². The van der Waals surface area contributed by atoms with Gasteiger partial charge in [-0.05, 0) is 62.1 Å². The predicted molar refractivity (Wildman–Crippen MR) is 233 cm³/mol. The summed E-state index contributed by atoms with van der Waals surface area (Å²) in [6.45, 7) is 4.54. The number of unbranched alkanes of at least 4 members (excludes halogenated alkanes) is 2. The summed E-state index contributed by atoms with van der Waals surface area (Å²) in [5, 5.41) is 0. The molecule has 0 atom stereocenters. The van der Waals surface area contributed by atoms with Gasteiger partial charge in [0.05, 0.1) is 44.5 Å². The molecule has 0 spiro atoms. The lowest BCUT2D eigenvalue weighted by Gasteiger charge is -2.46. The van der Waals surface area contributed by atoms with Crippen LogP contribution in [0.25, 0.3) is 0 Å². The van der Waals surface area contributed by atoms with Crippen molar-refractivity contribution in [1.82, 2.24) is 0 Å². The second kappa shape index (κ2) is 22.6. The summed E-state index contributed by atoms with van der Waals surface area (Å²) in [6.07, 6.45) is -47.0. The molecule has 6 rings (SSSR count). The van der Waals surface area contributed by atoms with E-state index in [0.717, 1.165) is 0 Å². The minimum absolute atomic E-state index is 0.0756. The van der Waals surface area contributed by atoms with Gasteiger partial charge in [0.25, 0.3) is 0 Å². The van der Waals surface area contributed by atoms with Gasteiger partial charge in [-0.2, -0.15) is 127 Å². The van der Waals surface area contributed by atoms with E-state index in [4.69, 9.17) is 0 Å². The van der Waals surface area contributed by atoms with Crippen LogP contribution in [0.2, 0.25) is 0 Å². The van der Waals surface area contributed by atoms with Gasteiger partial charge in [-0.25, -0.2) is 0 Å². The third-order valence-corrected chi connectivity index (χ3v) is 17.4. The van der Waals surface area contributed by atoms with Gasteiger partial charge < -0.3 is 0 Å². The Bertz CT molecular complexity index is 2460. The number of hydrogen-bond donors (Lipinski definition) is 0. The van der Waals surface area contributed by atoms with Gasteiger partial charge in [0.15, 0.2) is 0 Å². The van der Waals surface area contributed by atoms with Crippen molar-refractivity contribution in [2.45, 2.75) is 102 Å². The van der Waals surface area contributed by atoms with Crippen LogP contribution < -0.4 is 43.1 Å². The molecule has 0 radical (unpaired) electrons. The van der Waals surface area contributed by atoms with Crippen LogP contribution in [0, 0.1) is 5.77 Å². The predicted octanol–water partition coefficient (Wildman–Crippen LogP) is 13.8. The Hall–Kier alpha value is -4.61. The molecule has 0 saturated heterocycles. The van der Waals surface area contributed by atoms with Crippen molar-refractivity contribution in [3.8, 4) is 0 Å². The number of hydrogen-bond acceptors (Lipinski definition) is 2. The quantitative estimate of drug-likeness (QED) is 0.0651. The molecule has 0 aliphatic heterocycles. The van der Waals surface area contributed by atoms with Crippen LogP contribution in [-0.2, 0) is 62.3 Å². The first kappa shape index (κ1) is 62.2. The highest BCUT2D eigenvalue weighted by Crippen LogP contribution is 2.41. The fourth-order valence-electron chi connectivity index (χ4n) is 7.94. The van der Waals surface area contributed by atoms with Gasteiger partial charge in [-0.1, -0.05) is 97.9 Å². The van der Waals surface area contributed by atoms with Gasteiger partial charge >= 0.3 is 70.6 Å². The summed E-state index contributed by atoms with van der Waals surface area (Å²) in [5.41, 5.74) is -30.2. The molecular formula is C48H34BF24IS2. The average molecular weight is 1270 g/mol. The maximum absolute atomic E-state index is 14.2. The van der Waals surface area contributed by atoms with Crippen LogP contribution in [0.4, 0.5) is 105 Å². The zero-order chi connectivity index (χ0) is 57.4. The van der Waals surface area contributed by atoms with Gasteiger partial charge in [-0.15, -0.1) is 0 Å². The standard InChI is InChI=1S/C32H12BF24.C16H22IS2/c34-25(35,36)13-1-14(26(37,38)39)6-21(5-13)33(22-7-15(27(40,41)42)2-16(8-22)28(43,44)45,23-9-17(29(46,47)48)3-18(10-23)30(49,50)51)24-11-19(31(52,53)54)4-20(12-24)32(55,56)57;1-3-5-7-13-9-11-15(18-13)17-16-12-10-14(19-16)8-6-4-2/h1-12H;9-12H,3-8H2,1-2H3/q-1;+1. The first-order chi connectivity index (χ1) is 34.6. The highest BCUT2D eigenvalue weighted by Gasteiger charge is 2.47. The van der Waals surface area contributed by atoms with E-state index < -0.39 is 195 Å². The fourth-order valence-corrected chi connectivity index (χ4v) is 14.6. The molecule has 4 aromatic carbocycles. The van der Waals surface area contributed by atoms with Gasteiger partial charge in [0.2, 0.25) is 5.77 Å². The average Bonchev–Trinajstić information content (AvgIpc) is 3.94. The molecule has 2 aromatic heterocycles. The molecule has 0 aliphatic carbocycles. The topological polar surface area (TPSA) is 0 Å². The summed E-state index contributed by atoms with van der Waals surface area (Å²) in [6, 6.07) is 0.625. The molecule has 28 heteroatoms. The monoisotopic (exact) mass is 1270 g/mol. The Morgan fingerprint density at radius 3 is 0.684 bits per heavy atom. The molecule has 76 heavy (non-hydrogen) atoms. The molecule has 6 aromatic rings. The van der Waals surface area contributed by atoms with E-state index in [1.54, 1.807) is 15.5 Å². The lowest BCUT2D eigenvalue weighted by atomic mass is 9.12. The number of halogens is 25. The lowest BCUT2D eigenvalue weighted by molar-refractivity contribution is -0.585. The smallest absolute Gasteiger partial charge is 0.194 e. The molecule has 2 heterocycles. The number of benzene rings is 4. The summed E-state index contributed by atoms with van der Waals surface area (Å²) in [5.74, 6) is 0. The summed E-state index contributed by atoms with van der Waals surface area (Å²) >= 11 is 4.18. The number of rotatable bonds is 12. The molecule has 0 fully saturated rings. The van der Waals surface area contributed by atoms with Crippen LogP contribution in [-0.4, -0.2) is 6.15 Å². The largest absolute Gasteiger partial charge is 0.416 e. The Morgan fingerprint density at radius 2 is 0.513 bits per heavy atom. The lowest BCUT2D eigenvalue weighted by Crippen LogP contribution is -3.61. The molecule has 0 saturated carbocycles. The first-order valence-corrected chi connectivity index (χ1v) is 25.5. The Kier molecular flexibility index (Phi) is 18.5. The Morgan fingerprint density at radius 1 is 0.316 bits per heavy atom. The maximum atomic E-state index is 14.2. The third-order valence-electron chi connectivity index (χ3n) is 11.4. The van der Waals surface area contributed by atoms with Crippen LogP contribution in [0.15, 0.2) is 97.1 Å². The van der Waals surface area contributed by atoms with E-state index in [0.29, 0.717) is 0 Å². The van der Waals surface area contributed by atoms with Gasteiger partial charge in [0, 0.05) is 21.9 Å². The maximum Gasteiger partial charge on any atom is 0.416 e. The second-order valence-electron chi connectivity index (χ2n) is 16.9. The summed E-state index contributed by atoms with van der Waals surface area (Å²) < 4.78 is 344. The normalized spacial score (nSPS) is 13.5. The highest BCUT2D eigenvalue weighted by atomic mass is 127. The van der Waals surface area contributed by atoms with Crippen LogP contribution in [0.1, 0.15) is 93.8 Å². The zero-order valence-corrected chi connectivity index (χ0v) is 42.1. The highest BCUT2D eigenvalue weighted by molar-refractivity contribution is 7.20. The first-order valence-electron chi connectivity index (χ1n) is 21.8. The van der Waals surface area contributed by atoms with E-state index in [-0.39, 0.29) is 21.2 Å². The van der Waals surface area contributed by atoms with Crippen molar-refractivity contribution in [3.63, 3.8) is 0 Å². The number of thiophene rings is 2. The van der Waals surface area contributed by atoms with E-state index in [9.17, 15) is 105 Å². The molecule has 0 bridgehead atoms. The zero-order valence-electron chi connectivity index (χ0n) is 38.3. The van der Waals surface area contributed by atoms with E-state index in [2.05, 4.69) is 60.8 Å². The van der Waals surface area contributed by atoms with Gasteiger partial charge in [0.1, 0.15) is 6.15 Å². The van der Waals surface area contributed by atoms with Crippen LogP contribution in [0.3, 0.4) is 0 Å². The number of aryl methyl sites for hydroxylation is 2. The van der Waals surface area contributed by atoms with Crippen LogP contribution in [0.5, 0.6) is 0 Å². The van der Waals surface area contributed by atoms with Gasteiger partial charge in [-0.3, -0.25) is 0 Å². The van der Waals surface area contributed by atoms with E-state index in [1.807, 2.05) is 0 Å². The van der Waals surface area contributed by atoms with Crippen molar-refractivity contribution < 1.29 is 127 Å². The Balaban J connectivity index is 0.000000468. The second-order valence-corrected chi connectivity index (χ2v) is 23.6. The third kappa shape index (κ3) is 15.4.